The van der Waals surface area contributed by atoms with E-state index in [0.717, 1.165) is 18.4 Å². The van der Waals surface area contributed by atoms with E-state index >= 15 is 0 Å². The summed E-state index contributed by atoms with van der Waals surface area (Å²) in [7, 11) is 0. The van der Waals surface area contributed by atoms with Crippen LogP contribution in [0.15, 0.2) is 84.4 Å². The molecule has 8 nitrogen and oxygen atoms in total. The highest BCUT2D eigenvalue weighted by Crippen LogP contribution is 2.36. The van der Waals surface area contributed by atoms with Crippen molar-refractivity contribution in [1.82, 2.24) is 10.6 Å². The minimum Gasteiger partial charge on any atom is -0.478 e. The lowest BCUT2D eigenvalue weighted by Crippen LogP contribution is -2.45. The molecule has 2 aliphatic rings. The van der Waals surface area contributed by atoms with Crippen molar-refractivity contribution in [2.45, 2.75) is 59.0 Å². The maximum absolute atomic E-state index is 13.1. The molecule has 0 bridgehead atoms. The van der Waals surface area contributed by atoms with Gasteiger partial charge in [-0.05, 0) is 63.9 Å². The van der Waals surface area contributed by atoms with Crippen molar-refractivity contribution in [2.75, 3.05) is 0 Å². The van der Waals surface area contributed by atoms with Gasteiger partial charge in [-0.2, -0.15) is 0 Å². The first kappa shape index (κ1) is 31.4. The number of benzene rings is 3. The Balaban J connectivity index is 1.42. The molecule has 3 aromatic carbocycles. The van der Waals surface area contributed by atoms with Gasteiger partial charge in [0.1, 0.15) is 5.75 Å². The van der Waals surface area contributed by atoms with Gasteiger partial charge < -0.3 is 20.5 Å². The van der Waals surface area contributed by atoms with E-state index < -0.39 is 18.0 Å². The largest absolute Gasteiger partial charge is 0.478 e. The summed E-state index contributed by atoms with van der Waals surface area (Å²) in [5.74, 6) is -1.57. The van der Waals surface area contributed by atoms with Crippen molar-refractivity contribution in [3.8, 4) is 5.75 Å². The van der Waals surface area contributed by atoms with Gasteiger partial charge in [0.2, 0.25) is 0 Å². The third-order valence-corrected chi connectivity index (χ3v) is 8.97. The van der Waals surface area contributed by atoms with Crippen LogP contribution in [0.3, 0.4) is 0 Å². The number of esters is 1. The third-order valence-electron chi connectivity index (χ3n) is 8.97. The van der Waals surface area contributed by atoms with Crippen LogP contribution in [-0.4, -0.2) is 40.9 Å². The minimum atomic E-state index is -1.05. The number of nitrogens with one attached hydrogen (secondary N) is 2. The van der Waals surface area contributed by atoms with Crippen LogP contribution in [0, 0.1) is 11.8 Å². The predicted molar refractivity (Wildman–Crippen MR) is 173 cm³/mol. The Kier molecular flexibility index (Phi) is 9.32. The van der Waals surface area contributed by atoms with Crippen LogP contribution < -0.4 is 15.4 Å². The second kappa shape index (κ2) is 13.3. The zero-order chi connectivity index (χ0) is 32.2. The van der Waals surface area contributed by atoms with Crippen LogP contribution in [0.2, 0.25) is 0 Å². The maximum atomic E-state index is 13.1. The lowest BCUT2D eigenvalue weighted by Gasteiger charge is -2.34. The van der Waals surface area contributed by atoms with E-state index in [2.05, 4.69) is 10.6 Å². The maximum Gasteiger partial charge on any atom is 0.336 e. The normalized spacial score (nSPS) is 20.7. The van der Waals surface area contributed by atoms with Crippen molar-refractivity contribution in [3.05, 3.63) is 112 Å². The van der Waals surface area contributed by atoms with Gasteiger partial charge in [-0.15, -0.1) is 0 Å². The molecule has 2 amide bonds. The summed E-state index contributed by atoms with van der Waals surface area (Å²) < 4.78 is 5.66. The van der Waals surface area contributed by atoms with Gasteiger partial charge in [-0.3, -0.25) is 9.59 Å². The summed E-state index contributed by atoms with van der Waals surface area (Å²) in [5.41, 5.74) is 4.56. The first-order valence-electron chi connectivity index (χ1n) is 15.4. The van der Waals surface area contributed by atoms with E-state index in [9.17, 15) is 24.3 Å². The number of amides is 2. The third kappa shape index (κ3) is 6.45. The lowest BCUT2D eigenvalue weighted by molar-refractivity contribution is -0.132. The molecule has 0 radical (unpaired) electrons. The van der Waals surface area contributed by atoms with Gasteiger partial charge in [0.15, 0.2) is 0 Å². The molecule has 0 fully saturated rings. The number of carboxylic acid groups (broad SMARTS) is 1. The molecule has 45 heavy (non-hydrogen) atoms. The number of hydrogen-bond acceptors (Lipinski definition) is 5. The van der Waals surface area contributed by atoms with Crippen molar-refractivity contribution in [1.29, 1.82) is 0 Å². The van der Waals surface area contributed by atoms with Gasteiger partial charge in [0.05, 0.1) is 12.1 Å². The fourth-order valence-corrected chi connectivity index (χ4v) is 6.07. The zero-order valence-electron chi connectivity index (χ0n) is 25.9. The molecule has 232 valence electrons. The Bertz CT molecular complexity index is 1700. The van der Waals surface area contributed by atoms with Crippen LogP contribution in [0.25, 0.3) is 11.1 Å². The van der Waals surface area contributed by atoms with Crippen LogP contribution >= 0.6 is 0 Å². The molecular weight excluding hydrogens is 568 g/mol. The summed E-state index contributed by atoms with van der Waals surface area (Å²) in [6.45, 7) is 8.08. The number of carbonyl (C=O) groups excluding carboxylic acids is 3. The predicted octanol–water partition coefficient (Wildman–Crippen LogP) is 6.07. The van der Waals surface area contributed by atoms with E-state index in [1.165, 1.54) is 6.08 Å². The molecule has 8 heteroatoms. The number of ether oxygens (including phenoxy) is 1. The Morgan fingerprint density at radius 1 is 0.778 bits per heavy atom. The smallest absolute Gasteiger partial charge is 0.336 e. The summed E-state index contributed by atoms with van der Waals surface area (Å²) in [6.07, 6.45) is 3.13. The van der Waals surface area contributed by atoms with Crippen LogP contribution in [0.4, 0.5) is 0 Å². The van der Waals surface area contributed by atoms with Gasteiger partial charge >= 0.3 is 11.9 Å². The van der Waals surface area contributed by atoms with E-state index in [1.807, 2.05) is 45.9 Å². The molecule has 0 aliphatic carbocycles. The van der Waals surface area contributed by atoms with Crippen LogP contribution in [-0.2, 0) is 16.0 Å². The fourth-order valence-electron chi connectivity index (χ4n) is 6.07. The fraction of sp³-hybridized carbons (Fsp3) is 0.297. The van der Waals surface area contributed by atoms with E-state index in [1.54, 1.807) is 54.6 Å². The molecule has 2 heterocycles. The molecule has 0 unspecified atom stereocenters. The standard InChI is InChI=1S/C37H38N2O6/c1-5-21(3)33-29(25-11-7-9-13-27(25)35(41)38-33)20-31(40)45-24-17-15-23(16-18-24)19-30(37(43)44)32-26-12-8-10-14-28(26)36(42)39-34(32)22(4)6-2/h7-18,20-22,33-34H,5-6,19H2,1-4H3,(H,38,41)(H,39,42)(H,43,44)/t21-,22-,33-,34-/m0/s1. The van der Waals surface area contributed by atoms with Gasteiger partial charge in [0, 0.05) is 29.2 Å². The monoisotopic (exact) mass is 606 g/mol. The van der Waals surface area contributed by atoms with Crippen LogP contribution in [0.5, 0.6) is 5.75 Å². The van der Waals surface area contributed by atoms with Gasteiger partial charge in [-0.25, -0.2) is 9.59 Å². The molecule has 0 saturated carbocycles. The second-order valence-electron chi connectivity index (χ2n) is 11.8. The number of rotatable bonds is 9. The van der Waals surface area contributed by atoms with E-state index in [0.29, 0.717) is 39.1 Å². The second-order valence-corrected chi connectivity index (χ2v) is 11.8. The summed E-state index contributed by atoms with van der Waals surface area (Å²) in [5, 5.41) is 16.4. The molecule has 3 N–H and O–H groups in total. The highest BCUT2D eigenvalue weighted by atomic mass is 16.5. The molecule has 0 saturated heterocycles. The van der Waals surface area contributed by atoms with Crippen molar-refractivity contribution in [3.63, 3.8) is 0 Å². The Labute approximate surface area is 263 Å². The molecule has 4 atom stereocenters. The number of aliphatic carboxylic acids is 1. The summed E-state index contributed by atoms with van der Waals surface area (Å²) in [6, 6.07) is 20.3. The summed E-state index contributed by atoms with van der Waals surface area (Å²) in [4.78, 5) is 51.4. The van der Waals surface area contributed by atoms with Gasteiger partial charge in [-0.1, -0.05) is 89.1 Å². The van der Waals surface area contributed by atoms with Crippen molar-refractivity contribution in [2.24, 2.45) is 11.8 Å². The topological polar surface area (TPSA) is 122 Å². The number of carbonyl (C=O) groups is 4. The quantitative estimate of drug-likeness (QED) is 0.154. The zero-order valence-corrected chi connectivity index (χ0v) is 25.9. The molecule has 2 aliphatic heterocycles. The van der Waals surface area contributed by atoms with Crippen molar-refractivity contribution >= 4 is 34.9 Å². The Hall–Kier alpha value is -4.98. The first-order valence-corrected chi connectivity index (χ1v) is 15.4. The Morgan fingerprint density at radius 2 is 1.29 bits per heavy atom. The molecule has 0 spiro atoms. The highest BCUT2D eigenvalue weighted by Gasteiger charge is 2.35. The summed E-state index contributed by atoms with van der Waals surface area (Å²) >= 11 is 0. The molecule has 5 rings (SSSR count). The highest BCUT2D eigenvalue weighted by molar-refractivity contribution is 6.09. The lowest BCUT2D eigenvalue weighted by atomic mass is 9.79. The van der Waals surface area contributed by atoms with Gasteiger partial charge in [0.25, 0.3) is 11.8 Å². The molecular formula is C37H38N2O6. The SMILES string of the molecule is CC[C@H](C)[C@@H]1NC(=O)c2ccccc2C1=CC(=O)Oc1ccc(CC(C(=O)O)=C2c3ccccc3C(=O)N[C@H]2[C@@H](C)CC)cc1. The van der Waals surface area contributed by atoms with Crippen molar-refractivity contribution < 1.29 is 29.0 Å². The number of fused-ring (bicyclic) bond motifs is 2. The van der Waals surface area contributed by atoms with Crippen LogP contribution in [0.1, 0.15) is 77.9 Å². The number of carboxylic acids is 1. The molecule has 0 aromatic heterocycles. The number of hydrogen-bond donors (Lipinski definition) is 3. The van der Waals surface area contributed by atoms with E-state index in [-0.39, 0.29) is 41.7 Å². The first-order chi connectivity index (χ1) is 21.6. The minimum absolute atomic E-state index is 0.0203. The average molecular weight is 607 g/mol. The van der Waals surface area contributed by atoms with E-state index in [4.69, 9.17) is 4.74 Å². The average Bonchev–Trinajstić information content (AvgIpc) is 3.05. The Morgan fingerprint density at radius 3 is 1.87 bits per heavy atom. The molecule has 3 aromatic rings.